The summed E-state index contributed by atoms with van der Waals surface area (Å²) in [5.74, 6) is 1.15. The molecule has 0 N–H and O–H groups in total. The number of carbonyl (C=O) groups excluding carboxylic acids is 2. The summed E-state index contributed by atoms with van der Waals surface area (Å²) in [6.45, 7) is 4.53. The SMILES string of the molecule is O=C1CCN(C(=O)C=CCN2CC3CC(C2)c2cccc(=O)n2C3)CC1. The van der Waals surface area contributed by atoms with Crippen LogP contribution in [0.4, 0.5) is 0 Å². The highest BCUT2D eigenvalue weighted by molar-refractivity contribution is 5.89. The van der Waals surface area contributed by atoms with Crippen LogP contribution in [-0.2, 0) is 16.1 Å². The van der Waals surface area contributed by atoms with E-state index in [1.807, 2.05) is 16.7 Å². The molecule has 2 unspecified atom stereocenters. The van der Waals surface area contributed by atoms with Crippen LogP contribution in [-0.4, -0.2) is 58.8 Å². The van der Waals surface area contributed by atoms with E-state index in [1.165, 1.54) is 0 Å². The molecule has 2 fully saturated rings. The highest BCUT2D eigenvalue weighted by Crippen LogP contribution is 2.34. The number of amides is 1. The number of hydrogen-bond acceptors (Lipinski definition) is 4. The monoisotopic (exact) mass is 355 g/mol. The van der Waals surface area contributed by atoms with E-state index in [-0.39, 0.29) is 17.2 Å². The standard InChI is InChI=1S/C20H25N3O3/c24-17-6-9-22(10-7-17)19(25)5-2-8-21-12-15-11-16(14-21)18-3-1-4-20(26)23(18)13-15/h1-5,15-16H,6-14H2. The van der Waals surface area contributed by atoms with Crippen molar-refractivity contribution in [2.75, 3.05) is 32.7 Å². The lowest BCUT2D eigenvalue weighted by Crippen LogP contribution is -2.47. The Morgan fingerprint density at radius 1 is 1.12 bits per heavy atom. The Bertz CT molecular complexity index is 788. The van der Waals surface area contributed by atoms with Gasteiger partial charge in [-0.1, -0.05) is 12.1 Å². The number of piperidine rings is 2. The van der Waals surface area contributed by atoms with Crippen molar-refractivity contribution in [2.45, 2.75) is 31.7 Å². The molecule has 0 radical (unpaired) electrons. The Morgan fingerprint density at radius 2 is 1.92 bits per heavy atom. The molecule has 6 heteroatoms. The lowest BCUT2D eigenvalue weighted by molar-refractivity contribution is -0.130. The molecule has 0 spiro atoms. The summed E-state index contributed by atoms with van der Waals surface area (Å²) in [5, 5.41) is 0. The number of nitrogens with zero attached hydrogens (tertiary/aromatic N) is 3. The summed E-state index contributed by atoms with van der Waals surface area (Å²) < 4.78 is 1.94. The minimum atomic E-state index is 0.00611. The van der Waals surface area contributed by atoms with Crippen molar-refractivity contribution in [1.82, 2.24) is 14.4 Å². The Morgan fingerprint density at radius 3 is 2.73 bits per heavy atom. The van der Waals surface area contributed by atoms with Crippen molar-refractivity contribution >= 4 is 11.7 Å². The minimum absolute atomic E-state index is 0.00611. The molecule has 1 aromatic heterocycles. The van der Waals surface area contributed by atoms with Crippen LogP contribution in [0.2, 0.25) is 0 Å². The number of aromatic nitrogens is 1. The fourth-order valence-corrected chi connectivity index (χ4v) is 4.53. The van der Waals surface area contributed by atoms with Gasteiger partial charge in [-0.15, -0.1) is 0 Å². The lowest BCUT2D eigenvalue weighted by atomic mass is 9.83. The van der Waals surface area contributed by atoms with E-state index in [0.29, 0.717) is 37.8 Å². The first-order valence-electron chi connectivity index (χ1n) is 9.49. The van der Waals surface area contributed by atoms with E-state index < -0.39 is 0 Å². The van der Waals surface area contributed by atoms with Crippen LogP contribution in [0, 0.1) is 5.92 Å². The Labute approximate surface area is 153 Å². The second kappa shape index (κ2) is 7.19. The molecule has 6 nitrogen and oxygen atoms in total. The third kappa shape index (κ3) is 3.51. The van der Waals surface area contributed by atoms with Gasteiger partial charge in [-0.2, -0.15) is 0 Å². The van der Waals surface area contributed by atoms with Gasteiger partial charge in [0, 0.05) is 75.9 Å². The van der Waals surface area contributed by atoms with Crippen LogP contribution in [0.25, 0.3) is 0 Å². The molecule has 3 aliphatic rings. The topological polar surface area (TPSA) is 62.6 Å². The second-order valence-electron chi connectivity index (χ2n) is 7.68. The van der Waals surface area contributed by atoms with Gasteiger partial charge in [0.2, 0.25) is 5.91 Å². The summed E-state index contributed by atoms with van der Waals surface area (Å²) in [4.78, 5) is 39.7. The zero-order valence-corrected chi connectivity index (χ0v) is 15.0. The van der Waals surface area contributed by atoms with Gasteiger partial charge in [-0.25, -0.2) is 0 Å². The molecule has 4 heterocycles. The van der Waals surface area contributed by atoms with E-state index in [9.17, 15) is 14.4 Å². The van der Waals surface area contributed by atoms with Crippen molar-refractivity contribution in [3.63, 3.8) is 0 Å². The molecular formula is C20H25N3O3. The lowest BCUT2D eigenvalue weighted by Gasteiger charge is -2.42. The Kier molecular flexibility index (Phi) is 4.76. The van der Waals surface area contributed by atoms with Gasteiger partial charge in [0.05, 0.1) is 0 Å². The summed E-state index contributed by atoms with van der Waals surface area (Å²) in [6, 6.07) is 5.57. The second-order valence-corrected chi connectivity index (χ2v) is 7.68. The molecule has 2 saturated heterocycles. The highest BCUT2D eigenvalue weighted by atomic mass is 16.2. The average Bonchev–Trinajstić information content (AvgIpc) is 2.63. The maximum Gasteiger partial charge on any atom is 0.250 e. The maximum atomic E-state index is 12.2. The largest absolute Gasteiger partial charge is 0.338 e. The van der Waals surface area contributed by atoms with E-state index in [4.69, 9.17) is 0 Å². The predicted octanol–water partition coefficient (Wildman–Crippen LogP) is 1.02. The Balaban J connectivity index is 1.35. The zero-order chi connectivity index (χ0) is 18.1. The quantitative estimate of drug-likeness (QED) is 0.760. The molecular weight excluding hydrogens is 330 g/mol. The van der Waals surface area contributed by atoms with E-state index in [0.717, 1.165) is 38.3 Å². The summed E-state index contributed by atoms with van der Waals surface area (Å²) >= 11 is 0. The minimum Gasteiger partial charge on any atom is -0.338 e. The van der Waals surface area contributed by atoms with Gasteiger partial charge in [0.15, 0.2) is 0 Å². The van der Waals surface area contributed by atoms with Gasteiger partial charge in [0.1, 0.15) is 5.78 Å². The number of Topliss-reactive ketones (excluding diaryl/α,β-unsaturated/α-hetero) is 1. The molecule has 0 aliphatic carbocycles. The molecule has 138 valence electrons. The van der Waals surface area contributed by atoms with Crippen molar-refractivity contribution in [3.8, 4) is 0 Å². The maximum absolute atomic E-state index is 12.2. The van der Waals surface area contributed by atoms with Crippen LogP contribution in [0.15, 0.2) is 35.1 Å². The number of likely N-dealkylation sites (tertiary alicyclic amines) is 2. The molecule has 0 aromatic carbocycles. The molecule has 1 amide bonds. The zero-order valence-electron chi connectivity index (χ0n) is 15.0. The Hall–Kier alpha value is -2.21. The van der Waals surface area contributed by atoms with Gasteiger partial charge in [0.25, 0.3) is 5.56 Å². The van der Waals surface area contributed by atoms with Gasteiger partial charge < -0.3 is 9.47 Å². The van der Waals surface area contributed by atoms with Crippen molar-refractivity contribution < 1.29 is 9.59 Å². The van der Waals surface area contributed by atoms with Gasteiger partial charge in [-0.3, -0.25) is 19.3 Å². The van der Waals surface area contributed by atoms with Crippen LogP contribution < -0.4 is 5.56 Å². The first-order chi connectivity index (χ1) is 12.6. The molecule has 2 atom stereocenters. The van der Waals surface area contributed by atoms with Crippen LogP contribution in [0.5, 0.6) is 0 Å². The average molecular weight is 355 g/mol. The van der Waals surface area contributed by atoms with Crippen molar-refractivity contribution in [1.29, 1.82) is 0 Å². The number of hydrogen-bond donors (Lipinski definition) is 0. The van der Waals surface area contributed by atoms with Crippen LogP contribution in [0.1, 0.15) is 30.9 Å². The fraction of sp³-hybridized carbons (Fsp3) is 0.550. The van der Waals surface area contributed by atoms with Gasteiger partial charge in [-0.05, 0) is 18.4 Å². The van der Waals surface area contributed by atoms with Crippen molar-refractivity contribution in [2.24, 2.45) is 5.92 Å². The molecule has 26 heavy (non-hydrogen) atoms. The first-order valence-corrected chi connectivity index (χ1v) is 9.49. The van der Waals surface area contributed by atoms with Gasteiger partial charge >= 0.3 is 0 Å². The molecule has 4 rings (SSSR count). The number of carbonyl (C=O) groups is 2. The third-order valence-corrected chi connectivity index (χ3v) is 5.81. The molecule has 3 aliphatic heterocycles. The number of pyridine rings is 1. The predicted molar refractivity (Wildman–Crippen MR) is 98.0 cm³/mol. The molecule has 2 bridgehead atoms. The number of ketones is 1. The summed E-state index contributed by atoms with van der Waals surface area (Å²) in [7, 11) is 0. The van der Waals surface area contributed by atoms with Crippen molar-refractivity contribution in [3.05, 3.63) is 46.4 Å². The molecule has 0 saturated carbocycles. The normalized spacial score (nSPS) is 26.2. The number of rotatable bonds is 3. The summed E-state index contributed by atoms with van der Waals surface area (Å²) in [5.41, 5.74) is 1.26. The first kappa shape index (κ1) is 17.2. The molecule has 1 aromatic rings. The van der Waals surface area contributed by atoms with E-state index in [2.05, 4.69) is 11.0 Å². The van der Waals surface area contributed by atoms with E-state index in [1.54, 1.807) is 17.0 Å². The smallest absolute Gasteiger partial charge is 0.250 e. The van der Waals surface area contributed by atoms with E-state index >= 15 is 0 Å². The fourth-order valence-electron chi connectivity index (χ4n) is 4.53. The summed E-state index contributed by atoms with van der Waals surface area (Å²) in [6.07, 6.45) is 5.70. The van der Waals surface area contributed by atoms with Crippen LogP contribution >= 0.6 is 0 Å². The van der Waals surface area contributed by atoms with Crippen LogP contribution in [0.3, 0.4) is 0 Å². The number of fused-ring (bicyclic) bond motifs is 4. The highest BCUT2D eigenvalue weighted by Gasteiger charge is 2.33. The third-order valence-electron chi connectivity index (χ3n) is 5.81.